The van der Waals surface area contributed by atoms with Gasteiger partial charge in [0.05, 0.1) is 36.4 Å². The number of thiocarbonyl (C=S) groups is 1. The topological polar surface area (TPSA) is 62.8 Å². The van der Waals surface area contributed by atoms with E-state index in [0.29, 0.717) is 21.4 Å². The molecule has 1 aliphatic heterocycles. The molecule has 0 radical (unpaired) electrons. The lowest BCUT2D eigenvalue weighted by Gasteiger charge is -2.29. The summed E-state index contributed by atoms with van der Waals surface area (Å²) in [5.74, 6) is -0.459. The van der Waals surface area contributed by atoms with Gasteiger partial charge < -0.3 is 25.0 Å². The van der Waals surface area contributed by atoms with E-state index in [1.54, 1.807) is 25.1 Å². The van der Waals surface area contributed by atoms with Gasteiger partial charge >= 0.3 is 5.97 Å². The highest BCUT2D eigenvalue weighted by Crippen LogP contribution is 2.23. The second-order valence-corrected chi connectivity index (χ2v) is 7.74. The number of anilines is 2. The average molecular weight is 448 g/mol. The molecule has 30 heavy (non-hydrogen) atoms. The van der Waals surface area contributed by atoms with Crippen molar-refractivity contribution in [2.75, 3.05) is 43.1 Å². The summed E-state index contributed by atoms with van der Waals surface area (Å²) >= 11 is 11.5. The van der Waals surface area contributed by atoms with Gasteiger partial charge in [0.25, 0.3) is 0 Å². The average Bonchev–Trinajstić information content (AvgIpc) is 2.76. The molecule has 0 aliphatic carbocycles. The standard InChI is InChI=1S/C22H26ClN3O3S/c1-3-29-21(27)19-14-17(6-9-20(19)23)25-22(30)24-15(2)16-4-7-18(8-5-16)26-10-12-28-13-11-26/h4-9,14-15H,3,10-13H2,1-2H3,(H2,24,25,30)/t15-/m1/s1. The molecule has 1 heterocycles. The fourth-order valence-corrected chi connectivity index (χ4v) is 3.70. The molecule has 2 aromatic rings. The quantitative estimate of drug-likeness (QED) is 0.502. The van der Waals surface area contributed by atoms with Crippen molar-refractivity contribution < 1.29 is 14.3 Å². The first-order valence-corrected chi connectivity index (χ1v) is 10.7. The Labute approximate surface area is 187 Å². The predicted molar refractivity (Wildman–Crippen MR) is 125 cm³/mol. The molecule has 0 aromatic heterocycles. The molecule has 160 valence electrons. The molecule has 3 rings (SSSR count). The minimum absolute atomic E-state index is 0.0144. The van der Waals surface area contributed by atoms with E-state index < -0.39 is 5.97 Å². The van der Waals surface area contributed by atoms with Crippen LogP contribution in [0.2, 0.25) is 5.02 Å². The van der Waals surface area contributed by atoms with Crippen LogP contribution in [0, 0.1) is 0 Å². The van der Waals surface area contributed by atoms with Crippen molar-refractivity contribution in [1.82, 2.24) is 5.32 Å². The van der Waals surface area contributed by atoms with Crippen molar-refractivity contribution in [1.29, 1.82) is 0 Å². The number of esters is 1. The van der Waals surface area contributed by atoms with E-state index in [-0.39, 0.29) is 12.6 Å². The molecular weight excluding hydrogens is 422 g/mol. The van der Waals surface area contributed by atoms with Crippen molar-refractivity contribution in [3.8, 4) is 0 Å². The van der Waals surface area contributed by atoms with E-state index in [2.05, 4.69) is 39.8 Å². The lowest BCUT2D eigenvalue weighted by molar-refractivity contribution is 0.0526. The first-order valence-electron chi connectivity index (χ1n) is 9.94. The maximum atomic E-state index is 12.0. The maximum Gasteiger partial charge on any atom is 0.339 e. The van der Waals surface area contributed by atoms with Crippen LogP contribution in [-0.2, 0) is 9.47 Å². The molecule has 0 spiro atoms. The predicted octanol–water partition coefficient (Wildman–Crippen LogP) is 4.40. The van der Waals surface area contributed by atoms with Crippen LogP contribution < -0.4 is 15.5 Å². The fraction of sp³-hybridized carbons (Fsp3) is 0.364. The van der Waals surface area contributed by atoms with E-state index in [1.807, 2.05) is 6.92 Å². The number of carbonyl (C=O) groups is 1. The summed E-state index contributed by atoms with van der Waals surface area (Å²) in [6, 6.07) is 13.5. The Morgan fingerprint density at radius 2 is 1.93 bits per heavy atom. The van der Waals surface area contributed by atoms with Crippen LogP contribution in [-0.4, -0.2) is 44.0 Å². The van der Waals surface area contributed by atoms with Crippen molar-refractivity contribution in [3.05, 3.63) is 58.6 Å². The van der Waals surface area contributed by atoms with Crippen LogP contribution in [0.15, 0.2) is 42.5 Å². The van der Waals surface area contributed by atoms with Gasteiger partial charge in [0.1, 0.15) is 0 Å². The Balaban J connectivity index is 1.59. The summed E-state index contributed by atoms with van der Waals surface area (Å²) < 4.78 is 10.4. The highest BCUT2D eigenvalue weighted by atomic mass is 35.5. The Kier molecular flexibility index (Phi) is 7.90. The van der Waals surface area contributed by atoms with Crippen LogP contribution in [0.5, 0.6) is 0 Å². The van der Waals surface area contributed by atoms with Gasteiger partial charge in [0.2, 0.25) is 0 Å². The number of rotatable bonds is 6. The van der Waals surface area contributed by atoms with Crippen molar-refractivity contribution in [2.45, 2.75) is 19.9 Å². The summed E-state index contributed by atoms with van der Waals surface area (Å²) in [4.78, 5) is 14.3. The second kappa shape index (κ2) is 10.6. The molecule has 1 fully saturated rings. The number of benzene rings is 2. The number of hydrogen-bond donors (Lipinski definition) is 2. The molecule has 8 heteroatoms. The van der Waals surface area contributed by atoms with E-state index >= 15 is 0 Å². The third kappa shape index (κ3) is 5.84. The van der Waals surface area contributed by atoms with Gasteiger partial charge in [-0.25, -0.2) is 4.79 Å². The smallest absolute Gasteiger partial charge is 0.339 e. The van der Waals surface area contributed by atoms with Gasteiger partial charge in [0, 0.05) is 24.5 Å². The number of morpholine rings is 1. The molecule has 0 amide bonds. The summed E-state index contributed by atoms with van der Waals surface area (Å²) in [6.07, 6.45) is 0. The molecular formula is C22H26ClN3O3S. The van der Waals surface area contributed by atoms with Crippen LogP contribution in [0.3, 0.4) is 0 Å². The monoisotopic (exact) mass is 447 g/mol. The number of nitrogens with one attached hydrogen (secondary N) is 2. The van der Waals surface area contributed by atoms with Gasteiger partial charge in [-0.3, -0.25) is 0 Å². The number of ether oxygens (including phenoxy) is 2. The number of hydrogen-bond acceptors (Lipinski definition) is 5. The van der Waals surface area contributed by atoms with Crippen molar-refractivity contribution in [2.24, 2.45) is 0 Å². The van der Waals surface area contributed by atoms with Gasteiger partial charge in [-0.2, -0.15) is 0 Å². The van der Waals surface area contributed by atoms with Crippen molar-refractivity contribution >= 4 is 46.3 Å². The lowest BCUT2D eigenvalue weighted by atomic mass is 10.1. The Morgan fingerprint density at radius 3 is 2.60 bits per heavy atom. The lowest BCUT2D eigenvalue weighted by Crippen LogP contribution is -2.36. The highest BCUT2D eigenvalue weighted by molar-refractivity contribution is 7.80. The minimum Gasteiger partial charge on any atom is -0.462 e. The Morgan fingerprint density at radius 1 is 1.23 bits per heavy atom. The van der Waals surface area contributed by atoms with E-state index in [0.717, 1.165) is 31.9 Å². The van der Waals surface area contributed by atoms with Crippen molar-refractivity contribution in [3.63, 3.8) is 0 Å². The molecule has 0 bridgehead atoms. The Bertz CT molecular complexity index is 886. The first-order chi connectivity index (χ1) is 14.5. The molecule has 1 atom stereocenters. The molecule has 0 unspecified atom stereocenters. The molecule has 1 aliphatic rings. The molecule has 0 saturated carbocycles. The van der Waals surface area contributed by atoms with E-state index in [1.165, 1.54) is 5.69 Å². The number of nitrogens with zero attached hydrogens (tertiary/aromatic N) is 1. The summed E-state index contributed by atoms with van der Waals surface area (Å²) in [5, 5.41) is 7.17. The largest absolute Gasteiger partial charge is 0.462 e. The maximum absolute atomic E-state index is 12.0. The number of carbonyl (C=O) groups excluding carboxylic acids is 1. The van der Waals surface area contributed by atoms with Gasteiger partial charge in [-0.1, -0.05) is 23.7 Å². The summed E-state index contributed by atoms with van der Waals surface area (Å²) in [5.41, 5.74) is 3.29. The van der Waals surface area contributed by atoms with E-state index in [9.17, 15) is 4.79 Å². The van der Waals surface area contributed by atoms with Crippen LogP contribution >= 0.6 is 23.8 Å². The first kappa shape index (κ1) is 22.3. The van der Waals surface area contributed by atoms with Gasteiger partial charge in [-0.15, -0.1) is 0 Å². The van der Waals surface area contributed by atoms with Crippen LogP contribution in [0.1, 0.15) is 35.8 Å². The molecule has 2 N–H and O–H groups in total. The third-order valence-corrected chi connectivity index (χ3v) is 5.39. The van der Waals surface area contributed by atoms with E-state index in [4.69, 9.17) is 33.3 Å². The zero-order valence-corrected chi connectivity index (χ0v) is 18.7. The highest BCUT2D eigenvalue weighted by Gasteiger charge is 2.14. The van der Waals surface area contributed by atoms with Gasteiger partial charge in [0.15, 0.2) is 5.11 Å². The third-order valence-electron chi connectivity index (χ3n) is 4.84. The Hall–Kier alpha value is -2.35. The number of halogens is 1. The fourth-order valence-electron chi connectivity index (χ4n) is 3.21. The van der Waals surface area contributed by atoms with Crippen LogP contribution in [0.25, 0.3) is 0 Å². The molecule has 6 nitrogen and oxygen atoms in total. The zero-order valence-electron chi connectivity index (χ0n) is 17.1. The zero-order chi connectivity index (χ0) is 21.5. The molecule has 1 saturated heterocycles. The second-order valence-electron chi connectivity index (χ2n) is 6.93. The SMILES string of the molecule is CCOC(=O)c1cc(NC(=S)N[C@H](C)c2ccc(N3CCOCC3)cc2)ccc1Cl. The summed E-state index contributed by atoms with van der Waals surface area (Å²) in [6.45, 7) is 7.44. The summed E-state index contributed by atoms with van der Waals surface area (Å²) in [7, 11) is 0. The molecule has 2 aromatic carbocycles. The van der Waals surface area contributed by atoms with Crippen LogP contribution in [0.4, 0.5) is 11.4 Å². The minimum atomic E-state index is -0.459. The van der Waals surface area contributed by atoms with Gasteiger partial charge in [-0.05, 0) is 62.0 Å². The normalized spacial score (nSPS) is 14.7.